The number of ether oxygens (including phenoxy) is 1. The zero-order valence-electron chi connectivity index (χ0n) is 49.5. The minimum absolute atomic E-state index is 0. The average Bonchev–Trinajstić information content (AvgIpc) is 4.12. The Balaban J connectivity index is 0.00000665. The first-order chi connectivity index (χ1) is 38.9. The first-order valence-corrected chi connectivity index (χ1v) is 23.5. The molecule has 3 heterocycles. The normalized spacial score (nSPS) is 15.3. The molecule has 0 bridgehead atoms. The van der Waals surface area contributed by atoms with E-state index >= 15 is 0 Å². The predicted molar refractivity (Wildman–Crippen MR) is 287 cm³/mol. The second-order valence-electron chi connectivity index (χ2n) is 18.9. The summed E-state index contributed by atoms with van der Waals surface area (Å²) in [5, 5.41) is 1.98. The summed E-state index contributed by atoms with van der Waals surface area (Å²) in [4.78, 5) is 4.75. The van der Waals surface area contributed by atoms with Gasteiger partial charge in [-0.1, -0.05) is 185 Å². The van der Waals surface area contributed by atoms with Crippen LogP contribution >= 0.6 is 0 Å². The number of pyridine rings is 1. The van der Waals surface area contributed by atoms with Crippen LogP contribution in [0, 0.1) is 18.5 Å². The summed E-state index contributed by atoms with van der Waals surface area (Å²) in [6.45, 7) is 8.75. The van der Waals surface area contributed by atoms with E-state index in [1.54, 1.807) is 35.0 Å². The summed E-state index contributed by atoms with van der Waals surface area (Å²) < 4.78 is 102. The van der Waals surface area contributed by atoms with Gasteiger partial charge in [-0.25, -0.2) is 4.98 Å². The van der Waals surface area contributed by atoms with Crippen molar-refractivity contribution in [2.75, 3.05) is 0 Å². The van der Waals surface area contributed by atoms with Crippen molar-refractivity contribution in [3.63, 3.8) is 0 Å². The van der Waals surface area contributed by atoms with E-state index in [0.717, 1.165) is 55.4 Å². The molecule has 13 rings (SSSR count). The van der Waals surface area contributed by atoms with E-state index in [-0.39, 0.29) is 49.0 Å². The maximum atomic E-state index is 9.28. The van der Waals surface area contributed by atoms with Crippen LogP contribution in [0.25, 0.3) is 83.4 Å². The van der Waals surface area contributed by atoms with Crippen LogP contribution in [-0.4, -0.2) is 14.1 Å². The molecule has 72 heavy (non-hydrogen) atoms. The second-order valence-corrected chi connectivity index (χ2v) is 18.9. The summed E-state index contributed by atoms with van der Waals surface area (Å²) in [6.07, 6.45) is 5.36. The van der Waals surface area contributed by atoms with E-state index in [1.807, 2.05) is 71.3 Å². The van der Waals surface area contributed by atoms with Crippen LogP contribution in [0.3, 0.4) is 0 Å². The SMILES string of the molecule is [2H]c1c([2H])c([2H])c(-c2cccc(-c3c([2H])c([2H])c([2H])c([2H])c3[2H])c2-[n+]2[c-]n(-c3[c-]c(Oc4[c-]c5c(cc4)c4cc(-c6ccccc6)ccc4n5-c4ccccn4)ccc3)c3cc4c(cc32)C(C)(C)c2ccccc2C4(C)C)c([2H])c1[2H].[Pt]. The molecule has 0 spiro atoms. The maximum absolute atomic E-state index is 9.28. The third-order valence-electron chi connectivity index (χ3n) is 14.1. The molecule has 12 aromatic rings. The van der Waals surface area contributed by atoms with Gasteiger partial charge in [0.05, 0.1) is 30.4 Å². The number of hydrogen-bond donors (Lipinski definition) is 0. The number of imidazole rings is 1. The number of aromatic nitrogens is 4. The molecular weight excluding hydrogens is 1060 g/mol. The van der Waals surface area contributed by atoms with Crippen LogP contribution in [0.2, 0.25) is 0 Å². The van der Waals surface area contributed by atoms with E-state index in [2.05, 4.69) is 111 Å². The maximum Gasteiger partial charge on any atom is 0.268 e. The average molecular weight is 1120 g/mol. The molecule has 0 unspecified atom stereocenters. The number of nitrogens with zero attached hydrogens (tertiary/aromatic N) is 4. The van der Waals surface area contributed by atoms with Crippen molar-refractivity contribution in [2.24, 2.45) is 0 Å². The molecule has 0 radical (unpaired) electrons. The van der Waals surface area contributed by atoms with Crippen molar-refractivity contribution in [2.45, 2.75) is 38.5 Å². The first kappa shape index (κ1) is 35.1. The van der Waals surface area contributed by atoms with Gasteiger partial charge < -0.3 is 13.9 Å². The molecule has 0 N–H and O–H groups in total. The van der Waals surface area contributed by atoms with Gasteiger partial charge in [0.25, 0.3) is 6.33 Å². The smallest absolute Gasteiger partial charge is 0.268 e. The number of benzene rings is 9. The Hall–Kier alpha value is -8.11. The third-order valence-corrected chi connectivity index (χ3v) is 14.1. The van der Waals surface area contributed by atoms with Crippen molar-refractivity contribution in [1.82, 2.24) is 14.1 Å². The van der Waals surface area contributed by atoms with Gasteiger partial charge in [-0.3, -0.25) is 4.57 Å². The fraction of sp³-hybridized carbons (Fsp3) is 0.0909. The number of fused-ring (bicyclic) bond motifs is 6. The van der Waals surface area contributed by atoms with Crippen LogP contribution in [0.1, 0.15) is 63.7 Å². The van der Waals surface area contributed by atoms with E-state index < -0.39 is 71.3 Å². The van der Waals surface area contributed by atoms with Crippen LogP contribution in [0.4, 0.5) is 0 Å². The third kappa shape index (κ3) is 7.33. The Labute approximate surface area is 448 Å². The molecule has 350 valence electrons. The van der Waals surface area contributed by atoms with Gasteiger partial charge >= 0.3 is 0 Å². The monoisotopic (exact) mass is 1120 g/mol. The van der Waals surface area contributed by atoms with Crippen LogP contribution in [0.15, 0.2) is 218 Å². The molecule has 3 aromatic heterocycles. The second kappa shape index (κ2) is 17.6. The zero-order chi connectivity index (χ0) is 56.6. The minimum atomic E-state index is -0.576. The molecule has 0 aliphatic heterocycles. The van der Waals surface area contributed by atoms with E-state index in [0.29, 0.717) is 28.2 Å². The van der Waals surface area contributed by atoms with Gasteiger partial charge in [-0.05, 0) is 97.0 Å². The van der Waals surface area contributed by atoms with Crippen molar-refractivity contribution < 1.29 is 44.1 Å². The topological polar surface area (TPSA) is 35.9 Å². The van der Waals surface area contributed by atoms with Crippen molar-refractivity contribution >= 4 is 32.8 Å². The number of rotatable bonds is 8. The van der Waals surface area contributed by atoms with E-state index in [9.17, 15) is 5.48 Å². The number of para-hydroxylation sites is 1. The van der Waals surface area contributed by atoms with Gasteiger partial charge in [0.1, 0.15) is 5.82 Å². The molecule has 0 saturated carbocycles. The van der Waals surface area contributed by atoms with Crippen LogP contribution in [-0.2, 0) is 31.9 Å². The quantitative estimate of drug-likeness (QED) is 0.112. The molecule has 0 fully saturated rings. The van der Waals surface area contributed by atoms with Gasteiger partial charge in [0.15, 0.2) is 0 Å². The molecule has 1 aliphatic rings. The molecule has 6 heteroatoms. The Morgan fingerprint density at radius 3 is 1.85 bits per heavy atom. The Morgan fingerprint density at radius 1 is 0.528 bits per heavy atom. The van der Waals surface area contributed by atoms with Crippen LogP contribution < -0.4 is 9.30 Å². The fourth-order valence-electron chi connectivity index (χ4n) is 10.6. The Kier molecular flexibility index (Phi) is 8.59. The summed E-state index contributed by atoms with van der Waals surface area (Å²) >= 11 is 0. The van der Waals surface area contributed by atoms with Crippen LogP contribution in [0.5, 0.6) is 11.5 Å². The zero-order valence-corrected chi connectivity index (χ0v) is 41.8. The molecule has 5 nitrogen and oxygen atoms in total. The van der Waals surface area contributed by atoms with Gasteiger partial charge in [-0.2, -0.15) is 18.2 Å². The largest absolute Gasteiger partial charge is 0.510 e. The standard InChI is InChI=1S/C66H48N4O.Pt/c1-65(2)55-30-14-15-31-56(55)66(3,4)58-42-62-61(41-57(58)65)68(43-69(62)64-51(45-22-10-6-11-23-45)28-19-29-52(64)46-24-12-7-13-25-46)48-26-18-27-49(39-48)71-50-34-35-53-54-38-47(44-20-8-5-9-21-44)33-36-59(54)70(60(53)40-50)63-32-16-17-37-67-63;/h5-38,41-42H,1-4H3;/q-2;/i6D,7D,10D,11D,12D,13D,22D,23D,24D,25D;. The van der Waals surface area contributed by atoms with E-state index in [1.165, 1.54) is 5.56 Å². The Morgan fingerprint density at radius 2 is 1.17 bits per heavy atom. The van der Waals surface area contributed by atoms with E-state index in [4.69, 9.17) is 17.9 Å². The van der Waals surface area contributed by atoms with Crippen molar-refractivity contribution in [3.8, 4) is 62.1 Å². The summed E-state index contributed by atoms with van der Waals surface area (Å²) in [5.74, 6) is 1.49. The first-order valence-electron chi connectivity index (χ1n) is 28.5. The molecule has 0 atom stereocenters. The van der Waals surface area contributed by atoms with Gasteiger partial charge in [-0.15, -0.1) is 29.7 Å². The van der Waals surface area contributed by atoms with Crippen molar-refractivity contribution in [3.05, 3.63) is 259 Å². The summed E-state index contributed by atoms with van der Waals surface area (Å²) in [6, 6.07) is 51.1. The molecule has 1 aliphatic carbocycles. The van der Waals surface area contributed by atoms with Gasteiger partial charge in [0.2, 0.25) is 0 Å². The fourth-order valence-corrected chi connectivity index (χ4v) is 10.6. The predicted octanol–water partition coefficient (Wildman–Crippen LogP) is 15.6. The Bertz CT molecular complexity index is 4490. The minimum Gasteiger partial charge on any atom is -0.510 e. The molecule has 9 aromatic carbocycles. The molecule has 0 amide bonds. The van der Waals surface area contributed by atoms with Gasteiger partial charge in [0, 0.05) is 55.1 Å². The van der Waals surface area contributed by atoms with Crippen molar-refractivity contribution in [1.29, 1.82) is 0 Å². The summed E-state index contributed by atoms with van der Waals surface area (Å²) in [7, 11) is 0. The number of hydrogen-bond acceptors (Lipinski definition) is 2. The molecular formula is C66H48N4OPt-2. The summed E-state index contributed by atoms with van der Waals surface area (Å²) in [5.41, 5.74) is 9.02. The molecule has 0 saturated heterocycles.